The molecule has 0 unspecified atom stereocenters. The van der Waals surface area contributed by atoms with Gasteiger partial charge in [-0.05, 0) is 3.44 Å². The van der Waals surface area contributed by atoms with Crippen LogP contribution in [-0.4, -0.2) is 9.47 Å². The average Bonchev–Trinajstić information content (AvgIpc) is 1.25. The largest absolute Gasteiger partial charge is 0.503 e. The Bertz CT molecular complexity index is 58.3. The normalized spacial score (nSPS) is 7.50. The molecule has 50 valence electrons. The second-order valence-electron chi connectivity index (χ2n) is 0.603. The molecule has 6 nitrogen and oxygen atoms in total. The monoisotopic (exact) mass is 236 g/mol. The maximum absolute atomic E-state index is 9.00. The molecule has 0 aromatic carbocycles. The summed E-state index contributed by atoms with van der Waals surface area (Å²) in [5.74, 6) is 0. The van der Waals surface area contributed by atoms with E-state index in [-0.39, 0.29) is 0 Å². The summed E-state index contributed by atoms with van der Waals surface area (Å²) < 4.78 is 24.5. The first kappa shape index (κ1) is 10.8. The van der Waals surface area contributed by atoms with Crippen LogP contribution in [0.25, 0.3) is 0 Å². The van der Waals surface area contributed by atoms with Crippen LogP contribution in [0.15, 0.2) is 0 Å². The summed E-state index contributed by atoms with van der Waals surface area (Å²) in [6.07, 6.45) is 0. The molecule has 0 heterocycles. The Hall–Kier alpha value is -0.120. The summed E-state index contributed by atoms with van der Waals surface area (Å²) in [6.45, 7) is 0. The maximum Gasteiger partial charge on any atom is 0.503 e. The third-order valence-corrected chi connectivity index (χ3v) is 0. The van der Waals surface area contributed by atoms with Crippen molar-refractivity contribution in [3.8, 4) is 0 Å². The lowest BCUT2D eigenvalue weighted by molar-refractivity contribution is -1.63. The van der Waals surface area contributed by atoms with E-state index in [0.717, 1.165) is 0 Å². The van der Waals surface area contributed by atoms with E-state index in [1.54, 1.807) is 0 Å². The van der Waals surface area contributed by atoms with E-state index in [1.165, 1.54) is 0 Å². The highest BCUT2D eigenvalue weighted by molar-refractivity contribution is 5.69. The fraction of sp³-hybridized carbons (Fsp3) is 0. The van der Waals surface area contributed by atoms with Gasteiger partial charge in [-0.25, -0.2) is 4.79 Å². The van der Waals surface area contributed by atoms with E-state index >= 15 is 0 Å². The Morgan fingerprint density at radius 2 is 1.50 bits per heavy atom. The van der Waals surface area contributed by atoms with Gasteiger partial charge in [0, 0.05) is 0 Å². The number of primary amides is 2. The third kappa shape index (κ3) is 9720. The highest BCUT2D eigenvalue weighted by Gasteiger charge is 1.89. The fourth-order valence-corrected chi connectivity index (χ4v) is 0. The summed E-state index contributed by atoms with van der Waals surface area (Å²) in [4.78, 5) is 9.00. The molecule has 8 heavy (non-hydrogen) atoms. The first-order valence-electron chi connectivity index (χ1n) is 1.26. The first-order chi connectivity index (χ1) is 3.46. The molecule has 0 spiro atoms. The van der Waals surface area contributed by atoms with Crippen LogP contribution < -0.4 is 39.4 Å². The molecule has 0 aliphatic carbocycles. The number of nitrogens with two attached hydrogens (primary N) is 2. The lowest BCUT2D eigenvalue weighted by Crippen LogP contribution is -3.98. The van der Waals surface area contributed by atoms with Crippen molar-refractivity contribution in [1.29, 1.82) is 0 Å². The summed E-state index contributed by atoms with van der Waals surface area (Å²) in [7, 11) is 0. The molecule has 0 aromatic heterocycles. The standard InChI is InChI=1S/CH4N2O.HIO3/c2*2-1(3)4/h(H4,2,3,4);2H. The van der Waals surface area contributed by atoms with Gasteiger partial charge in [-0.15, -0.1) is 0 Å². The Morgan fingerprint density at radius 1 is 1.50 bits per heavy atom. The van der Waals surface area contributed by atoms with Gasteiger partial charge in [0.1, 0.15) is 0 Å². The van der Waals surface area contributed by atoms with Crippen molar-refractivity contribution >= 4 is 6.03 Å². The molecule has 5 N–H and O–H groups in total. The third-order valence-electron chi connectivity index (χ3n) is 0. The summed E-state index contributed by atoms with van der Waals surface area (Å²) in [5.41, 5.74) is 8.50. The van der Waals surface area contributed by atoms with Crippen LogP contribution in [-0.2, 0) is 0 Å². The Morgan fingerprint density at radius 3 is 1.50 bits per heavy atom. The van der Waals surface area contributed by atoms with Gasteiger partial charge in [-0.1, -0.05) is 0 Å². The highest BCUT2D eigenvalue weighted by Crippen LogP contribution is 1.25. The van der Waals surface area contributed by atoms with Crippen LogP contribution in [0, 0.1) is 0 Å². The quantitative estimate of drug-likeness (QED) is 0.360. The smallest absolute Gasteiger partial charge is 0.396 e. The van der Waals surface area contributed by atoms with E-state index in [4.69, 9.17) is 15.1 Å². The number of urea groups is 1. The highest BCUT2D eigenvalue weighted by atomic mass is 127. The zero-order valence-electron chi connectivity index (χ0n) is 3.70. The van der Waals surface area contributed by atoms with Crippen LogP contribution in [0.2, 0.25) is 0 Å². The first-order valence-corrected chi connectivity index (χ1v) is 3.99. The number of halogens is 1. The minimum absolute atomic E-state index is 0.833. The fourth-order valence-electron chi connectivity index (χ4n) is 0. The van der Waals surface area contributed by atoms with Gasteiger partial charge < -0.3 is 18.3 Å². The second kappa shape index (κ2) is 6.88. The van der Waals surface area contributed by atoms with Crippen molar-refractivity contribution in [2.24, 2.45) is 11.5 Å². The summed E-state index contributed by atoms with van der Waals surface area (Å²) in [6, 6.07) is -0.833. The lowest BCUT2D eigenvalue weighted by Gasteiger charge is -1.67. The number of rotatable bonds is 0. The molecule has 0 fully saturated rings. The molecular weight excluding hydrogens is 231 g/mol. The summed E-state index contributed by atoms with van der Waals surface area (Å²) in [5, 5.41) is 0. The maximum atomic E-state index is 9.00. The van der Waals surface area contributed by atoms with Crippen molar-refractivity contribution in [2.45, 2.75) is 0 Å². The molecule has 0 saturated carbocycles. The van der Waals surface area contributed by atoms with Gasteiger partial charge in [0.2, 0.25) is 0 Å². The molecule has 0 saturated heterocycles. The minimum atomic E-state index is -3.76. The molecule has 0 rings (SSSR count). The molecule has 0 aliphatic rings. The van der Waals surface area contributed by atoms with E-state index in [0.29, 0.717) is 0 Å². The SMILES string of the molecule is NC(N)=O.[O-][I+2]([O-])O. The lowest BCUT2D eigenvalue weighted by atomic mass is 11.2. The number of carbonyl (C=O) groups excluding carboxylic acids is 1. The van der Waals surface area contributed by atoms with E-state index in [1.807, 2.05) is 0 Å². The van der Waals surface area contributed by atoms with Gasteiger partial charge in [0.05, 0.1) is 0 Å². The number of amides is 2. The van der Waals surface area contributed by atoms with Crippen molar-refractivity contribution < 1.29 is 36.2 Å². The zero-order valence-corrected chi connectivity index (χ0v) is 5.86. The Balaban J connectivity index is 0. The van der Waals surface area contributed by atoms with Crippen LogP contribution in [0.1, 0.15) is 0 Å². The predicted molar refractivity (Wildman–Crippen MR) is 16.0 cm³/mol. The number of hydrogen-bond donors (Lipinski definition) is 3. The van der Waals surface area contributed by atoms with Crippen molar-refractivity contribution in [2.75, 3.05) is 0 Å². The van der Waals surface area contributed by atoms with Crippen molar-refractivity contribution in [3.05, 3.63) is 0 Å². The number of carbonyl (C=O) groups is 1. The van der Waals surface area contributed by atoms with Gasteiger partial charge in [0.25, 0.3) is 0 Å². The van der Waals surface area contributed by atoms with E-state index in [2.05, 4.69) is 11.5 Å². The van der Waals surface area contributed by atoms with E-state index in [9.17, 15) is 0 Å². The molecule has 0 atom stereocenters. The molecule has 0 bridgehead atoms. The average molecular weight is 236 g/mol. The van der Waals surface area contributed by atoms with Gasteiger partial charge in [-0.3, -0.25) is 0 Å². The van der Waals surface area contributed by atoms with Gasteiger partial charge in [-0.2, -0.15) is 0 Å². The molecule has 7 heteroatoms. The van der Waals surface area contributed by atoms with Crippen molar-refractivity contribution in [1.82, 2.24) is 0 Å². The van der Waals surface area contributed by atoms with Crippen LogP contribution in [0.3, 0.4) is 0 Å². The van der Waals surface area contributed by atoms with Crippen LogP contribution in [0.5, 0.6) is 0 Å². The van der Waals surface area contributed by atoms with Crippen molar-refractivity contribution in [3.63, 3.8) is 0 Å². The predicted octanol–water partition coefficient (Wildman–Crippen LogP) is -6.91. The zero-order chi connectivity index (χ0) is 7.15. The molecule has 0 radical (unpaired) electrons. The van der Waals surface area contributed by atoms with Gasteiger partial charge in [0.15, 0.2) is 0 Å². The number of hydrogen-bond acceptors (Lipinski definition) is 4. The van der Waals surface area contributed by atoms with E-state index < -0.39 is 27.1 Å². The van der Waals surface area contributed by atoms with Gasteiger partial charge >= 0.3 is 27.1 Å². The summed E-state index contributed by atoms with van der Waals surface area (Å²) >= 11 is -3.76. The molecule has 0 aromatic rings. The topological polar surface area (TPSA) is 135 Å². The molecular formula is CH5IN2O4. The Kier molecular flexibility index (Phi) is 9.28. The Labute approximate surface area is 54.1 Å². The molecule has 2 amide bonds. The second-order valence-corrected chi connectivity index (χ2v) is 1.75. The molecule has 0 aliphatic heterocycles. The minimum Gasteiger partial charge on any atom is -0.396 e. The van der Waals surface area contributed by atoms with Crippen LogP contribution >= 0.6 is 0 Å². The van der Waals surface area contributed by atoms with Crippen LogP contribution in [0.4, 0.5) is 4.79 Å².